The first kappa shape index (κ1) is 18.7. The molecule has 0 bridgehead atoms. The van der Waals surface area contributed by atoms with E-state index in [4.69, 9.17) is 4.74 Å². The Hall–Kier alpha value is -1.62. The summed E-state index contributed by atoms with van der Waals surface area (Å²) in [7, 11) is 1.92. The van der Waals surface area contributed by atoms with Gasteiger partial charge in [-0.25, -0.2) is 9.18 Å². The summed E-state index contributed by atoms with van der Waals surface area (Å²) >= 11 is 0. The number of carbonyl (C=O) groups is 1. The molecule has 1 atom stereocenters. The van der Waals surface area contributed by atoms with Gasteiger partial charge in [0.05, 0.1) is 0 Å². The number of hydrogen-bond donors (Lipinski definition) is 1. The fourth-order valence-corrected chi connectivity index (χ4v) is 3.32. The van der Waals surface area contributed by atoms with Gasteiger partial charge in [-0.3, -0.25) is 0 Å². The zero-order valence-electron chi connectivity index (χ0n) is 15.1. The molecule has 0 radical (unpaired) electrons. The van der Waals surface area contributed by atoms with Crippen LogP contribution in [0.15, 0.2) is 24.3 Å². The molecule has 1 N–H and O–H groups in total. The van der Waals surface area contributed by atoms with Crippen LogP contribution in [-0.2, 0) is 4.74 Å². The van der Waals surface area contributed by atoms with Crippen LogP contribution in [0.3, 0.4) is 0 Å². The number of amides is 1. The van der Waals surface area contributed by atoms with Gasteiger partial charge in [-0.2, -0.15) is 0 Å². The van der Waals surface area contributed by atoms with Crippen LogP contribution >= 0.6 is 0 Å². The lowest BCUT2D eigenvalue weighted by Crippen LogP contribution is -2.43. The summed E-state index contributed by atoms with van der Waals surface area (Å²) in [5, 5.41) is 3.22. The van der Waals surface area contributed by atoms with Crippen LogP contribution < -0.4 is 5.32 Å². The second-order valence-electron chi connectivity index (χ2n) is 7.52. The summed E-state index contributed by atoms with van der Waals surface area (Å²) in [4.78, 5) is 14.0. The minimum absolute atomic E-state index is 0.195. The number of halogens is 1. The van der Waals surface area contributed by atoms with Crippen LogP contribution in [0.4, 0.5) is 9.18 Å². The monoisotopic (exact) mass is 336 g/mol. The van der Waals surface area contributed by atoms with Gasteiger partial charge in [-0.05, 0) is 70.2 Å². The Bertz CT molecular complexity index is 549. The molecule has 0 spiro atoms. The van der Waals surface area contributed by atoms with Gasteiger partial charge in [-0.15, -0.1) is 0 Å². The number of carbonyl (C=O) groups excluding carboxylic acids is 1. The third-order valence-corrected chi connectivity index (χ3v) is 4.46. The Labute approximate surface area is 144 Å². The van der Waals surface area contributed by atoms with E-state index in [0.29, 0.717) is 19.0 Å². The molecule has 1 aliphatic heterocycles. The molecular weight excluding hydrogens is 307 g/mol. The van der Waals surface area contributed by atoms with Crippen molar-refractivity contribution in [3.8, 4) is 0 Å². The maximum atomic E-state index is 13.6. The molecule has 0 aromatic heterocycles. The molecule has 1 aromatic carbocycles. The van der Waals surface area contributed by atoms with Gasteiger partial charge in [0, 0.05) is 19.6 Å². The number of nitrogens with zero attached hydrogens (tertiary/aromatic N) is 1. The average molecular weight is 336 g/mol. The zero-order valence-corrected chi connectivity index (χ0v) is 15.1. The van der Waals surface area contributed by atoms with Crippen LogP contribution in [0.5, 0.6) is 0 Å². The highest BCUT2D eigenvalue weighted by molar-refractivity contribution is 5.68. The molecule has 1 fully saturated rings. The van der Waals surface area contributed by atoms with Crippen molar-refractivity contribution in [2.75, 3.05) is 26.7 Å². The SMILES string of the molecule is CNCC(c1cccc(F)c1)C1CCN(C(=O)OC(C)(C)C)CC1. The molecule has 134 valence electrons. The smallest absolute Gasteiger partial charge is 0.410 e. The number of piperidine rings is 1. The normalized spacial score (nSPS) is 17.6. The fourth-order valence-electron chi connectivity index (χ4n) is 3.32. The molecule has 5 heteroatoms. The van der Waals surface area contributed by atoms with Crippen LogP contribution in [0.2, 0.25) is 0 Å². The van der Waals surface area contributed by atoms with Crippen molar-refractivity contribution < 1.29 is 13.9 Å². The van der Waals surface area contributed by atoms with E-state index in [-0.39, 0.29) is 17.8 Å². The highest BCUT2D eigenvalue weighted by atomic mass is 19.1. The Morgan fingerprint density at radius 1 is 1.38 bits per heavy atom. The number of likely N-dealkylation sites (N-methyl/N-ethyl adjacent to an activating group) is 1. The Morgan fingerprint density at radius 2 is 2.04 bits per heavy atom. The fraction of sp³-hybridized carbons (Fsp3) is 0.632. The molecule has 1 unspecified atom stereocenters. The lowest BCUT2D eigenvalue weighted by molar-refractivity contribution is 0.0174. The number of ether oxygens (including phenoxy) is 1. The summed E-state index contributed by atoms with van der Waals surface area (Å²) in [5.41, 5.74) is 0.560. The molecular formula is C19H29FN2O2. The Balaban J connectivity index is 1.99. The summed E-state index contributed by atoms with van der Waals surface area (Å²) < 4.78 is 19.0. The Kier molecular flexibility index (Phi) is 6.21. The van der Waals surface area contributed by atoms with Crippen molar-refractivity contribution in [3.05, 3.63) is 35.6 Å². The molecule has 1 heterocycles. The lowest BCUT2D eigenvalue weighted by Gasteiger charge is -2.37. The third kappa shape index (κ3) is 5.20. The van der Waals surface area contributed by atoms with Gasteiger partial charge in [0.1, 0.15) is 11.4 Å². The van der Waals surface area contributed by atoms with Crippen molar-refractivity contribution in [3.63, 3.8) is 0 Å². The van der Waals surface area contributed by atoms with E-state index in [9.17, 15) is 9.18 Å². The van der Waals surface area contributed by atoms with Gasteiger partial charge in [0.15, 0.2) is 0 Å². The summed E-state index contributed by atoms with van der Waals surface area (Å²) in [5.74, 6) is 0.490. The predicted octanol–water partition coefficient (Wildman–Crippen LogP) is 3.78. The first-order valence-corrected chi connectivity index (χ1v) is 8.68. The van der Waals surface area contributed by atoms with E-state index in [1.54, 1.807) is 17.0 Å². The van der Waals surface area contributed by atoms with Crippen LogP contribution in [0.25, 0.3) is 0 Å². The highest BCUT2D eigenvalue weighted by Gasteiger charge is 2.31. The van der Waals surface area contributed by atoms with E-state index >= 15 is 0 Å². The largest absolute Gasteiger partial charge is 0.444 e. The number of hydrogen-bond acceptors (Lipinski definition) is 3. The van der Waals surface area contributed by atoms with Crippen molar-refractivity contribution in [2.45, 2.75) is 45.1 Å². The maximum absolute atomic E-state index is 13.6. The summed E-state index contributed by atoms with van der Waals surface area (Å²) in [6, 6.07) is 6.86. The quantitative estimate of drug-likeness (QED) is 0.910. The minimum Gasteiger partial charge on any atom is -0.444 e. The summed E-state index contributed by atoms with van der Waals surface area (Å²) in [6.45, 7) is 7.82. The molecule has 2 rings (SSSR count). The van der Waals surface area contributed by atoms with Crippen molar-refractivity contribution in [1.82, 2.24) is 10.2 Å². The van der Waals surface area contributed by atoms with E-state index in [1.807, 2.05) is 33.9 Å². The average Bonchev–Trinajstić information content (AvgIpc) is 2.51. The van der Waals surface area contributed by atoms with Crippen LogP contribution in [0.1, 0.15) is 45.1 Å². The molecule has 1 aliphatic rings. The third-order valence-electron chi connectivity index (χ3n) is 4.46. The van der Waals surface area contributed by atoms with E-state index < -0.39 is 5.60 Å². The molecule has 4 nitrogen and oxygen atoms in total. The van der Waals surface area contributed by atoms with Crippen molar-refractivity contribution in [1.29, 1.82) is 0 Å². The van der Waals surface area contributed by atoms with E-state index in [0.717, 1.165) is 24.9 Å². The topological polar surface area (TPSA) is 41.6 Å². The second kappa shape index (κ2) is 7.97. The molecule has 0 saturated carbocycles. The number of benzene rings is 1. The zero-order chi connectivity index (χ0) is 17.7. The number of likely N-dealkylation sites (tertiary alicyclic amines) is 1. The molecule has 0 aliphatic carbocycles. The highest BCUT2D eigenvalue weighted by Crippen LogP contribution is 2.33. The molecule has 1 aromatic rings. The van der Waals surface area contributed by atoms with Gasteiger partial charge in [-0.1, -0.05) is 12.1 Å². The number of nitrogens with one attached hydrogen (secondary N) is 1. The lowest BCUT2D eigenvalue weighted by atomic mass is 9.80. The maximum Gasteiger partial charge on any atom is 0.410 e. The number of rotatable bonds is 4. The van der Waals surface area contributed by atoms with Crippen molar-refractivity contribution >= 4 is 6.09 Å². The predicted molar refractivity (Wildman–Crippen MR) is 93.6 cm³/mol. The van der Waals surface area contributed by atoms with Gasteiger partial charge in [0.2, 0.25) is 0 Å². The van der Waals surface area contributed by atoms with Crippen molar-refractivity contribution in [2.24, 2.45) is 5.92 Å². The van der Waals surface area contributed by atoms with Crippen LogP contribution in [-0.4, -0.2) is 43.3 Å². The molecule has 1 amide bonds. The minimum atomic E-state index is -0.468. The standard InChI is InChI=1S/C19H29FN2O2/c1-19(2,3)24-18(23)22-10-8-14(9-11-22)17(13-21-4)15-6-5-7-16(20)12-15/h5-7,12,14,17,21H,8-11,13H2,1-4H3. The van der Waals surface area contributed by atoms with Gasteiger partial charge < -0.3 is 15.0 Å². The van der Waals surface area contributed by atoms with E-state index in [1.165, 1.54) is 6.07 Å². The van der Waals surface area contributed by atoms with E-state index in [2.05, 4.69) is 5.32 Å². The first-order valence-electron chi connectivity index (χ1n) is 8.68. The van der Waals surface area contributed by atoms with Crippen LogP contribution in [0, 0.1) is 11.7 Å². The first-order chi connectivity index (χ1) is 11.3. The van der Waals surface area contributed by atoms with Gasteiger partial charge >= 0.3 is 6.09 Å². The van der Waals surface area contributed by atoms with Gasteiger partial charge in [0.25, 0.3) is 0 Å². The molecule has 24 heavy (non-hydrogen) atoms. The second-order valence-corrected chi connectivity index (χ2v) is 7.52. The summed E-state index contributed by atoms with van der Waals surface area (Å²) in [6.07, 6.45) is 1.57. The molecule has 1 saturated heterocycles. The Morgan fingerprint density at radius 3 is 2.58 bits per heavy atom.